The van der Waals surface area contributed by atoms with Gasteiger partial charge < -0.3 is 0 Å². The van der Waals surface area contributed by atoms with Gasteiger partial charge in [-0.05, 0) is 55.9 Å². The summed E-state index contributed by atoms with van der Waals surface area (Å²) in [5.74, 6) is 0.798. The summed E-state index contributed by atoms with van der Waals surface area (Å²) in [5, 5.41) is 13.9. The fraction of sp³-hybridized carbons (Fsp3) is 0.462. The lowest BCUT2D eigenvalue weighted by Gasteiger charge is -2.09. The van der Waals surface area contributed by atoms with Crippen molar-refractivity contribution in [1.29, 1.82) is 0 Å². The molecule has 4 nitrogen and oxygen atoms in total. The van der Waals surface area contributed by atoms with Crippen molar-refractivity contribution < 1.29 is 0 Å². The molecule has 1 aromatic heterocycles. The number of H-pyrrole nitrogens is 1. The molecule has 0 fully saturated rings. The maximum atomic E-state index is 3.95. The molecule has 1 heterocycles. The standard InChI is InChI=1S/C13H18N4/c1-9-7-11(3)12(8-10(9)2)5-4-6-13-14-16-17-15-13/h7-8H,4-6H2,1-3H3,(H,14,15,16,17). The third-order valence-corrected chi connectivity index (χ3v) is 3.19. The van der Waals surface area contributed by atoms with E-state index < -0.39 is 0 Å². The molecule has 1 N–H and O–H groups in total. The summed E-state index contributed by atoms with van der Waals surface area (Å²) < 4.78 is 0. The maximum Gasteiger partial charge on any atom is 0.174 e. The molecule has 0 unspecified atom stereocenters. The second kappa shape index (κ2) is 5.08. The number of tetrazole rings is 1. The van der Waals surface area contributed by atoms with Crippen LogP contribution < -0.4 is 0 Å². The molecule has 0 aliphatic heterocycles. The van der Waals surface area contributed by atoms with Crippen LogP contribution in [0.4, 0.5) is 0 Å². The lowest BCUT2D eigenvalue weighted by Crippen LogP contribution is -1.96. The van der Waals surface area contributed by atoms with Crippen LogP contribution in [0.2, 0.25) is 0 Å². The van der Waals surface area contributed by atoms with Gasteiger partial charge in [0.05, 0.1) is 0 Å². The molecule has 0 saturated carbocycles. The van der Waals surface area contributed by atoms with Crippen LogP contribution in [-0.4, -0.2) is 20.6 Å². The third-order valence-electron chi connectivity index (χ3n) is 3.19. The van der Waals surface area contributed by atoms with Crippen molar-refractivity contribution in [2.75, 3.05) is 0 Å². The van der Waals surface area contributed by atoms with Crippen molar-refractivity contribution in [2.45, 2.75) is 40.0 Å². The predicted octanol–water partition coefficient (Wildman–Crippen LogP) is 2.30. The predicted molar refractivity (Wildman–Crippen MR) is 66.9 cm³/mol. The van der Waals surface area contributed by atoms with Gasteiger partial charge in [0.15, 0.2) is 5.82 Å². The summed E-state index contributed by atoms with van der Waals surface area (Å²) in [6, 6.07) is 4.56. The topological polar surface area (TPSA) is 54.5 Å². The molecule has 0 saturated heterocycles. The molecule has 1 aromatic carbocycles. The molecule has 0 bridgehead atoms. The van der Waals surface area contributed by atoms with E-state index in [-0.39, 0.29) is 0 Å². The summed E-state index contributed by atoms with van der Waals surface area (Å²) in [7, 11) is 0. The van der Waals surface area contributed by atoms with Gasteiger partial charge in [-0.15, -0.1) is 10.2 Å². The molecule has 0 atom stereocenters. The van der Waals surface area contributed by atoms with E-state index in [4.69, 9.17) is 0 Å². The number of nitrogens with one attached hydrogen (secondary N) is 1. The molecule has 17 heavy (non-hydrogen) atoms. The molecule has 0 amide bonds. The maximum absolute atomic E-state index is 3.95. The van der Waals surface area contributed by atoms with Crippen LogP contribution in [0.1, 0.15) is 34.5 Å². The van der Waals surface area contributed by atoms with Gasteiger partial charge in [-0.3, -0.25) is 0 Å². The molecule has 0 radical (unpaired) electrons. The van der Waals surface area contributed by atoms with E-state index in [2.05, 4.69) is 53.5 Å². The summed E-state index contributed by atoms with van der Waals surface area (Å²) in [6.07, 6.45) is 3.01. The van der Waals surface area contributed by atoms with Crippen LogP contribution >= 0.6 is 0 Å². The highest BCUT2D eigenvalue weighted by Crippen LogP contribution is 2.17. The van der Waals surface area contributed by atoms with Gasteiger partial charge in [0, 0.05) is 6.42 Å². The Morgan fingerprint density at radius 1 is 1.00 bits per heavy atom. The van der Waals surface area contributed by atoms with Crippen molar-refractivity contribution in [2.24, 2.45) is 0 Å². The van der Waals surface area contributed by atoms with Crippen molar-refractivity contribution >= 4 is 0 Å². The third kappa shape index (κ3) is 2.90. The highest BCUT2D eigenvalue weighted by atomic mass is 15.5. The summed E-state index contributed by atoms with van der Waals surface area (Å²) in [5.41, 5.74) is 5.53. The highest BCUT2D eigenvalue weighted by molar-refractivity contribution is 5.36. The van der Waals surface area contributed by atoms with Gasteiger partial charge in [0.25, 0.3) is 0 Å². The van der Waals surface area contributed by atoms with E-state index in [0.29, 0.717) is 0 Å². The lowest BCUT2D eigenvalue weighted by molar-refractivity contribution is 0.769. The van der Waals surface area contributed by atoms with E-state index in [1.54, 1.807) is 0 Å². The molecule has 2 aromatic rings. The van der Waals surface area contributed by atoms with E-state index in [0.717, 1.165) is 25.1 Å². The number of rotatable bonds is 4. The van der Waals surface area contributed by atoms with Gasteiger partial charge >= 0.3 is 0 Å². The number of hydrogen-bond donors (Lipinski definition) is 1. The Morgan fingerprint density at radius 2 is 1.76 bits per heavy atom. The monoisotopic (exact) mass is 230 g/mol. The number of aromatic amines is 1. The van der Waals surface area contributed by atoms with Crippen molar-refractivity contribution in [3.05, 3.63) is 40.2 Å². The van der Waals surface area contributed by atoms with E-state index >= 15 is 0 Å². The van der Waals surface area contributed by atoms with E-state index in [9.17, 15) is 0 Å². The van der Waals surface area contributed by atoms with E-state index in [1.807, 2.05) is 0 Å². The second-order valence-corrected chi connectivity index (χ2v) is 4.54. The fourth-order valence-corrected chi connectivity index (χ4v) is 2.02. The van der Waals surface area contributed by atoms with Crippen molar-refractivity contribution in [3.8, 4) is 0 Å². The van der Waals surface area contributed by atoms with Gasteiger partial charge in [0.1, 0.15) is 0 Å². The molecule has 0 spiro atoms. The first kappa shape index (κ1) is 11.8. The largest absolute Gasteiger partial charge is 0.177 e. The lowest BCUT2D eigenvalue weighted by atomic mass is 9.97. The van der Waals surface area contributed by atoms with Crippen LogP contribution in [-0.2, 0) is 12.8 Å². The summed E-state index contributed by atoms with van der Waals surface area (Å²) in [6.45, 7) is 6.50. The molecule has 4 heteroatoms. The Balaban J connectivity index is 1.97. The summed E-state index contributed by atoms with van der Waals surface area (Å²) in [4.78, 5) is 0. The SMILES string of the molecule is Cc1cc(C)c(CCCc2nn[nH]n2)cc1C. The smallest absolute Gasteiger partial charge is 0.174 e. The highest BCUT2D eigenvalue weighted by Gasteiger charge is 2.03. The van der Waals surface area contributed by atoms with Crippen LogP contribution in [0.15, 0.2) is 12.1 Å². The summed E-state index contributed by atoms with van der Waals surface area (Å²) >= 11 is 0. The van der Waals surface area contributed by atoms with Crippen LogP contribution in [0.3, 0.4) is 0 Å². The average Bonchev–Trinajstić information content (AvgIpc) is 2.78. The molecular weight excluding hydrogens is 212 g/mol. The zero-order valence-electron chi connectivity index (χ0n) is 10.6. The van der Waals surface area contributed by atoms with Crippen LogP contribution in [0.25, 0.3) is 0 Å². The Hall–Kier alpha value is -1.71. The number of aromatic nitrogens is 4. The number of benzene rings is 1. The van der Waals surface area contributed by atoms with Gasteiger partial charge in [-0.2, -0.15) is 5.21 Å². The normalized spacial score (nSPS) is 10.8. The molecular formula is C13H18N4. The zero-order chi connectivity index (χ0) is 12.3. The van der Waals surface area contributed by atoms with Gasteiger partial charge in [-0.1, -0.05) is 17.3 Å². The van der Waals surface area contributed by atoms with Gasteiger partial charge in [-0.25, -0.2) is 0 Å². The van der Waals surface area contributed by atoms with Crippen LogP contribution in [0.5, 0.6) is 0 Å². The van der Waals surface area contributed by atoms with E-state index in [1.165, 1.54) is 22.3 Å². The molecule has 0 aliphatic carbocycles. The Labute approximate surface area is 101 Å². The number of nitrogens with zero attached hydrogens (tertiary/aromatic N) is 3. The molecule has 2 rings (SSSR count). The first-order chi connectivity index (χ1) is 8.16. The Bertz CT molecular complexity index is 488. The quantitative estimate of drug-likeness (QED) is 0.876. The van der Waals surface area contributed by atoms with Gasteiger partial charge in [0.2, 0.25) is 0 Å². The van der Waals surface area contributed by atoms with Crippen molar-refractivity contribution in [3.63, 3.8) is 0 Å². The minimum atomic E-state index is 0.798. The number of aryl methyl sites for hydroxylation is 5. The molecule has 0 aliphatic rings. The minimum absolute atomic E-state index is 0.798. The molecule has 90 valence electrons. The average molecular weight is 230 g/mol. The zero-order valence-corrected chi connectivity index (χ0v) is 10.6. The minimum Gasteiger partial charge on any atom is -0.177 e. The second-order valence-electron chi connectivity index (χ2n) is 4.54. The number of hydrogen-bond acceptors (Lipinski definition) is 3. The fourth-order valence-electron chi connectivity index (χ4n) is 2.02. The first-order valence-electron chi connectivity index (χ1n) is 5.96. The Kier molecular flexibility index (Phi) is 3.52. The van der Waals surface area contributed by atoms with Crippen molar-refractivity contribution in [1.82, 2.24) is 20.6 Å². The first-order valence-corrected chi connectivity index (χ1v) is 5.96. The van der Waals surface area contributed by atoms with Crippen LogP contribution in [0, 0.1) is 20.8 Å². The Morgan fingerprint density at radius 3 is 2.47 bits per heavy atom.